The minimum atomic E-state index is -1.26. The van der Waals surface area contributed by atoms with E-state index in [1.807, 2.05) is 43.4 Å². The second-order valence-corrected chi connectivity index (χ2v) is 8.40. The molecule has 132 valence electrons. The fraction of sp³-hybridized carbons (Fsp3) is 0.263. The summed E-state index contributed by atoms with van der Waals surface area (Å²) < 4.78 is 0.732. The molecule has 0 saturated carbocycles. The molecule has 2 aromatic rings. The predicted molar refractivity (Wildman–Crippen MR) is 106 cm³/mol. The van der Waals surface area contributed by atoms with Gasteiger partial charge in [-0.05, 0) is 64.8 Å². The Hall–Kier alpha value is -1.60. The molecule has 0 spiro atoms. The number of carboxylic acid groups (broad SMARTS) is 1. The van der Waals surface area contributed by atoms with Crippen LogP contribution in [-0.2, 0) is 5.41 Å². The first-order valence-corrected chi connectivity index (χ1v) is 9.01. The van der Waals surface area contributed by atoms with Crippen molar-refractivity contribution in [3.05, 3.63) is 60.7 Å². The second-order valence-electron chi connectivity index (χ2n) is 6.83. The summed E-state index contributed by atoms with van der Waals surface area (Å²) in [6, 6.07) is 6.49. The van der Waals surface area contributed by atoms with Gasteiger partial charge >= 0.3 is 5.97 Å². The van der Waals surface area contributed by atoms with Crippen LogP contribution in [0.2, 0.25) is 5.02 Å². The minimum absolute atomic E-state index is 0.237. The normalized spacial score (nSPS) is 11.4. The van der Waals surface area contributed by atoms with Crippen LogP contribution in [0.1, 0.15) is 58.2 Å². The maximum Gasteiger partial charge on any atom is 0.339 e. The first kappa shape index (κ1) is 19.7. The van der Waals surface area contributed by atoms with Crippen molar-refractivity contribution in [2.24, 2.45) is 0 Å². The molecule has 2 N–H and O–H groups in total. The van der Waals surface area contributed by atoms with Gasteiger partial charge in [0.15, 0.2) is 5.78 Å². The Morgan fingerprint density at radius 1 is 1.16 bits per heavy atom. The maximum atomic E-state index is 13.0. The van der Waals surface area contributed by atoms with Crippen molar-refractivity contribution in [3.8, 4) is 5.75 Å². The van der Waals surface area contributed by atoms with Crippen LogP contribution in [0.4, 0.5) is 0 Å². The second kappa shape index (κ2) is 6.96. The lowest BCUT2D eigenvalue weighted by atomic mass is 9.81. The number of ketones is 1. The molecule has 0 unspecified atom stereocenters. The zero-order chi connectivity index (χ0) is 19.1. The van der Waals surface area contributed by atoms with Gasteiger partial charge in [-0.25, -0.2) is 4.79 Å². The minimum Gasteiger partial charge on any atom is -0.507 e. The first-order chi connectivity index (χ1) is 11.4. The molecule has 0 aliphatic carbocycles. The summed E-state index contributed by atoms with van der Waals surface area (Å²) >= 11 is 8.04. The molecule has 4 nitrogen and oxygen atoms in total. The summed E-state index contributed by atoms with van der Waals surface area (Å²) in [6.45, 7) is 7.08. The van der Waals surface area contributed by atoms with Crippen LogP contribution >= 0.6 is 34.2 Å². The molecule has 0 atom stereocenters. The Morgan fingerprint density at radius 3 is 2.24 bits per heavy atom. The molecular formula is C19H18ClIO4. The zero-order valence-electron chi connectivity index (χ0n) is 14.3. The van der Waals surface area contributed by atoms with Gasteiger partial charge in [-0.2, -0.15) is 0 Å². The lowest BCUT2D eigenvalue weighted by Gasteiger charge is -2.24. The van der Waals surface area contributed by atoms with Gasteiger partial charge in [0.2, 0.25) is 0 Å². The molecule has 0 amide bonds. The van der Waals surface area contributed by atoms with E-state index < -0.39 is 11.4 Å². The summed E-state index contributed by atoms with van der Waals surface area (Å²) in [5, 5.41) is 20.5. The van der Waals surface area contributed by atoms with Gasteiger partial charge in [0.1, 0.15) is 11.3 Å². The topological polar surface area (TPSA) is 74.6 Å². The fourth-order valence-corrected chi connectivity index (χ4v) is 3.26. The highest BCUT2D eigenvalue weighted by Gasteiger charge is 2.28. The number of rotatable bonds is 3. The van der Waals surface area contributed by atoms with E-state index in [-0.39, 0.29) is 28.2 Å². The molecule has 0 bridgehead atoms. The van der Waals surface area contributed by atoms with Gasteiger partial charge in [-0.3, -0.25) is 4.79 Å². The summed E-state index contributed by atoms with van der Waals surface area (Å²) in [7, 11) is 0. The van der Waals surface area contributed by atoms with E-state index in [1.165, 1.54) is 6.92 Å². The number of halogens is 2. The number of benzene rings is 2. The Kier molecular flexibility index (Phi) is 5.49. The number of aromatic hydroxyl groups is 1. The monoisotopic (exact) mass is 472 g/mol. The number of phenols is 1. The third-order valence-electron chi connectivity index (χ3n) is 4.01. The third-order valence-corrected chi connectivity index (χ3v) is 5.55. The van der Waals surface area contributed by atoms with Crippen LogP contribution in [0, 0.1) is 10.5 Å². The van der Waals surface area contributed by atoms with Gasteiger partial charge < -0.3 is 10.2 Å². The van der Waals surface area contributed by atoms with Gasteiger partial charge in [0, 0.05) is 20.3 Å². The number of carboxylic acids is 1. The van der Waals surface area contributed by atoms with Crippen molar-refractivity contribution >= 4 is 45.9 Å². The van der Waals surface area contributed by atoms with Crippen molar-refractivity contribution < 1.29 is 19.8 Å². The first-order valence-electron chi connectivity index (χ1n) is 7.55. The van der Waals surface area contributed by atoms with Crippen molar-refractivity contribution in [3.63, 3.8) is 0 Å². The molecular weight excluding hydrogens is 455 g/mol. The lowest BCUT2D eigenvalue weighted by molar-refractivity contribution is 0.0692. The summed E-state index contributed by atoms with van der Waals surface area (Å²) in [5.74, 6) is -1.86. The van der Waals surface area contributed by atoms with E-state index in [2.05, 4.69) is 0 Å². The number of hydrogen-bond donors (Lipinski definition) is 2. The van der Waals surface area contributed by atoms with Gasteiger partial charge in [0.05, 0.1) is 5.02 Å². The predicted octanol–water partition coefficient (Wildman–Crippen LogP) is 5.19. The highest BCUT2D eigenvalue weighted by molar-refractivity contribution is 14.1. The number of carbonyl (C=O) groups is 2. The Bertz CT molecular complexity index is 882. The molecule has 0 aliphatic heterocycles. The average molecular weight is 473 g/mol. The Labute approximate surface area is 165 Å². The van der Waals surface area contributed by atoms with Crippen molar-refractivity contribution in [1.82, 2.24) is 0 Å². The molecule has 0 saturated heterocycles. The van der Waals surface area contributed by atoms with Crippen molar-refractivity contribution in [2.75, 3.05) is 0 Å². The highest BCUT2D eigenvalue weighted by Crippen LogP contribution is 2.37. The van der Waals surface area contributed by atoms with E-state index in [9.17, 15) is 19.8 Å². The molecule has 2 rings (SSSR count). The van der Waals surface area contributed by atoms with Crippen LogP contribution in [-0.4, -0.2) is 22.0 Å². The highest BCUT2D eigenvalue weighted by atomic mass is 127. The standard InChI is InChI=1S/C19H18ClIO4/c1-9-11(16(22)10-5-6-13(20)14(21)7-10)8-12(19(2,3)4)17(23)15(9)18(24)25/h5-8,23H,1-4H3,(H,24,25). The Morgan fingerprint density at radius 2 is 1.76 bits per heavy atom. The largest absolute Gasteiger partial charge is 0.507 e. The summed E-state index contributed by atoms with van der Waals surface area (Å²) in [5.41, 5.74) is 0.581. The van der Waals surface area contributed by atoms with E-state index >= 15 is 0 Å². The van der Waals surface area contributed by atoms with Crippen LogP contribution in [0.15, 0.2) is 24.3 Å². The molecule has 0 heterocycles. The van der Waals surface area contributed by atoms with Crippen LogP contribution in [0.3, 0.4) is 0 Å². The van der Waals surface area contributed by atoms with Crippen molar-refractivity contribution in [1.29, 1.82) is 0 Å². The van der Waals surface area contributed by atoms with E-state index in [0.717, 1.165) is 3.57 Å². The molecule has 0 aliphatic rings. The molecule has 2 aromatic carbocycles. The van der Waals surface area contributed by atoms with E-state index in [4.69, 9.17) is 11.6 Å². The van der Waals surface area contributed by atoms with Crippen LogP contribution < -0.4 is 0 Å². The molecule has 25 heavy (non-hydrogen) atoms. The van der Waals surface area contributed by atoms with E-state index in [0.29, 0.717) is 16.1 Å². The number of carbonyl (C=O) groups excluding carboxylic acids is 1. The molecule has 0 fully saturated rings. The maximum absolute atomic E-state index is 13.0. The Balaban J connectivity index is 2.76. The summed E-state index contributed by atoms with van der Waals surface area (Å²) in [6.07, 6.45) is 0. The summed E-state index contributed by atoms with van der Waals surface area (Å²) in [4.78, 5) is 24.6. The average Bonchev–Trinajstić information content (AvgIpc) is 2.48. The molecule has 0 radical (unpaired) electrons. The van der Waals surface area contributed by atoms with E-state index in [1.54, 1.807) is 24.3 Å². The lowest BCUT2D eigenvalue weighted by Crippen LogP contribution is -2.17. The van der Waals surface area contributed by atoms with Gasteiger partial charge in [0.25, 0.3) is 0 Å². The fourth-order valence-electron chi connectivity index (χ4n) is 2.63. The number of hydrogen-bond acceptors (Lipinski definition) is 3. The zero-order valence-corrected chi connectivity index (χ0v) is 17.2. The third kappa shape index (κ3) is 3.82. The quantitative estimate of drug-likeness (QED) is 0.476. The molecule has 0 aromatic heterocycles. The van der Waals surface area contributed by atoms with Gasteiger partial charge in [-0.1, -0.05) is 32.4 Å². The number of aromatic carboxylic acids is 1. The smallest absolute Gasteiger partial charge is 0.339 e. The van der Waals surface area contributed by atoms with Crippen molar-refractivity contribution in [2.45, 2.75) is 33.1 Å². The van der Waals surface area contributed by atoms with Crippen LogP contribution in [0.5, 0.6) is 5.75 Å². The van der Waals surface area contributed by atoms with Crippen LogP contribution in [0.25, 0.3) is 0 Å². The van der Waals surface area contributed by atoms with Gasteiger partial charge in [-0.15, -0.1) is 0 Å². The SMILES string of the molecule is Cc1c(C(=O)c2ccc(Cl)c(I)c2)cc(C(C)(C)C)c(O)c1C(=O)O. The molecule has 6 heteroatoms.